The Kier molecular flexibility index (Phi) is 7.12. The monoisotopic (exact) mass is 524 g/mol. The van der Waals surface area contributed by atoms with Gasteiger partial charge < -0.3 is 4.74 Å². The molecule has 8 heteroatoms. The molecular formula is C27H25ClN2O3S2. The van der Waals surface area contributed by atoms with Crippen molar-refractivity contribution in [3.63, 3.8) is 0 Å². The van der Waals surface area contributed by atoms with E-state index in [9.17, 15) is 9.59 Å². The van der Waals surface area contributed by atoms with Crippen LogP contribution < -0.4 is 5.56 Å². The Balaban J connectivity index is 1.54. The Morgan fingerprint density at radius 2 is 1.94 bits per heavy atom. The number of benzene rings is 2. The molecule has 0 aliphatic carbocycles. The number of aromatic nitrogens is 2. The van der Waals surface area contributed by atoms with Gasteiger partial charge in [0.1, 0.15) is 4.83 Å². The first kappa shape index (κ1) is 24.3. The molecule has 35 heavy (non-hydrogen) atoms. The van der Waals surface area contributed by atoms with Crippen molar-refractivity contribution in [2.45, 2.75) is 44.7 Å². The maximum atomic E-state index is 13.9. The third kappa shape index (κ3) is 5.09. The summed E-state index contributed by atoms with van der Waals surface area (Å²) in [5, 5.41) is 1.83. The molecule has 4 aromatic rings. The third-order valence-electron chi connectivity index (χ3n) is 6.22. The molecule has 1 atom stereocenters. The van der Waals surface area contributed by atoms with Crippen LogP contribution in [0.2, 0.25) is 5.02 Å². The van der Waals surface area contributed by atoms with E-state index in [2.05, 4.69) is 13.8 Å². The summed E-state index contributed by atoms with van der Waals surface area (Å²) in [4.78, 5) is 33.4. The maximum Gasteiger partial charge on any atom is 0.263 e. The summed E-state index contributed by atoms with van der Waals surface area (Å²) in [6.07, 6.45) is 0.810. The fourth-order valence-corrected chi connectivity index (χ4v) is 6.42. The summed E-state index contributed by atoms with van der Waals surface area (Å²) in [6.45, 7) is 5.19. The zero-order valence-corrected chi connectivity index (χ0v) is 21.9. The van der Waals surface area contributed by atoms with Crippen molar-refractivity contribution in [2.24, 2.45) is 5.92 Å². The molecule has 3 heterocycles. The largest absolute Gasteiger partial charge is 0.372 e. The number of carbonyl (C=O) groups excluding carboxylic acids is 1. The number of thioether (sulfide) groups is 1. The van der Waals surface area contributed by atoms with Gasteiger partial charge >= 0.3 is 0 Å². The number of hydrogen-bond acceptors (Lipinski definition) is 6. The molecule has 5 rings (SSSR count). The van der Waals surface area contributed by atoms with E-state index in [1.165, 1.54) is 23.1 Å². The predicted octanol–water partition coefficient (Wildman–Crippen LogP) is 6.23. The molecule has 1 aliphatic heterocycles. The normalized spacial score (nSPS) is 15.5. The van der Waals surface area contributed by atoms with Crippen molar-refractivity contribution < 1.29 is 9.53 Å². The van der Waals surface area contributed by atoms with Gasteiger partial charge in [0.2, 0.25) is 0 Å². The summed E-state index contributed by atoms with van der Waals surface area (Å²) in [5.41, 5.74) is 2.61. The smallest absolute Gasteiger partial charge is 0.263 e. The number of halogens is 1. The van der Waals surface area contributed by atoms with Gasteiger partial charge in [-0.3, -0.25) is 14.2 Å². The number of carbonyl (C=O) groups is 1. The molecular weight excluding hydrogens is 500 g/mol. The minimum atomic E-state index is -0.0535. The van der Waals surface area contributed by atoms with Crippen LogP contribution in [0, 0.1) is 5.92 Å². The highest BCUT2D eigenvalue weighted by atomic mass is 35.5. The standard InChI is InChI=1S/C27H25ClN2O3S2/c1-16(2)22-12-20-23(14-33-22)35-25-24(20)26(32)30(13-17-6-4-3-5-7-17)27(29-25)34-15-21(31)18-8-10-19(28)11-9-18/h3-11,16,22H,12-15H2,1-2H3/t22-/m1/s1. The molecule has 0 bridgehead atoms. The van der Waals surface area contributed by atoms with E-state index in [0.29, 0.717) is 40.2 Å². The van der Waals surface area contributed by atoms with Crippen molar-refractivity contribution in [1.29, 1.82) is 0 Å². The van der Waals surface area contributed by atoms with E-state index in [1.54, 1.807) is 28.8 Å². The summed E-state index contributed by atoms with van der Waals surface area (Å²) in [5.74, 6) is 0.509. The molecule has 0 radical (unpaired) electrons. The Bertz CT molecular complexity index is 1430. The quantitative estimate of drug-likeness (QED) is 0.163. The van der Waals surface area contributed by atoms with Gasteiger partial charge in [-0.2, -0.15) is 0 Å². The average molecular weight is 525 g/mol. The van der Waals surface area contributed by atoms with E-state index in [-0.39, 0.29) is 23.2 Å². The molecule has 2 aromatic heterocycles. The van der Waals surface area contributed by atoms with Crippen LogP contribution in [0.4, 0.5) is 0 Å². The molecule has 0 amide bonds. The van der Waals surface area contributed by atoms with Crippen molar-refractivity contribution in [3.05, 3.63) is 91.5 Å². The van der Waals surface area contributed by atoms with Crippen LogP contribution in [0.25, 0.3) is 10.2 Å². The topological polar surface area (TPSA) is 61.2 Å². The van der Waals surface area contributed by atoms with E-state index >= 15 is 0 Å². The number of ether oxygens (including phenoxy) is 1. The number of fused-ring (bicyclic) bond motifs is 3. The lowest BCUT2D eigenvalue weighted by Crippen LogP contribution is -2.29. The molecule has 0 spiro atoms. The highest BCUT2D eigenvalue weighted by Gasteiger charge is 2.28. The lowest BCUT2D eigenvalue weighted by molar-refractivity contribution is 0.00200. The van der Waals surface area contributed by atoms with Crippen LogP contribution >= 0.6 is 34.7 Å². The number of rotatable bonds is 7. The number of hydrogen-bond donors (Lipinski definition) is 0. The van der Waals surface area contributed by atoms with Crippen LogP contribution in [0.15, 0.2) is 64.5 Å². The van der Waals surface area contributed by atoms with Crippen LogP contribution in [0.1, 0.15) is 40.2 Å². The van der Waals surface area contributed by atoms with Gasteiger partial charge in [-0.25, -0.2) is 4.98 Å². The summed E-state index contributed by atoms with van der Waals surface area (Å²) < 4.78 is 7.75. The number of ketones is 1. The molecule has 0 saturated carbocycles. The van der Waals surface area contributed by atoms with Crippen LogP contribution in [-0.2, 0) is 24.3 Å². The van der Waals surface area contributed by atoms with E-state index in [0.717, 1.165) is 27.3 Å². The van der Waals surface area contributed by atoms with Crippen molar-refractivity contribution in [3.8, 4) is 0 Å². The highest BCUT2D eigenvalue weighted by molar-refractivity contribution is 7.99. The zero-order chi connectivity index (χ0) is 24.5. The molecule has 0 saturated heterocycles. The maximum absolute atomic E-state index is 13.9. The average Bonchev–Trinajstić information content (AvgIpc) is 3.23. The number of thiophene rings is 1. The first-order valence-corrected chi connectivity index (χ1v) is 13.7. The van der Waals surface area contributed by atoms with Gasteiger partial charge in [-0.05, 0) is 41.3 Å². The fraction of sp³-hybridized carbons (Fsp3) is 0.296. The molecule has 0 unspecified atom stereocenters. The van der Waals surface area contributed by atoms with E-state index in [4.69, 9.17) is 21.3 Å². The lowest BCUT2D eigenvalue weighted by atomic mass is 9.96. The van der Waals surface area contributed by atoms with Gasteiger partial charge in [-0.1, -0.05) is 67.5 Å². The first-order chi connectivity index (χ1) is 16.9. The molecule has 1 aliphatic rings. The Hall–Kier alpha value is -2.45. The Morgan fingerprint density at radius 3 is 2.66 bits per heavy atom. The highest BCUT2D eigenvalue weighted by Crippen LogP contribution is 2.36. The van der Waals surface area contributed by atoms with E-state index in [1.807, 2.05) is 30.3 Å². The Morgan fingerprint density at radius 1 is 1.20 bits per heavy atom. The van der Waals surface area contributed by atoms with Crippen molar-refractivity contribution in [2.75, 3.05) is 5.75 Å². The number of Topliss-reactive ketones (excluding diaryl/α,β-unsaturated/α-hetero) is 1. The summed E-state index contributed by atoms with van der Waals surface area (Å²) in [6, 6.07) is 16.7. The predicted molar refractivity (Wildman–Crippen MR) is 143 cm³/mol. The molecule has 0 N–H and O–H groups in total. The van der Waals surface area contributed by atoms with Crippen LogP contribution in [-0.4, -0.2) is 27.2 Å². The third-order valence-corrected chi connectivity index (χ3v) is 8.55. The van der Waals surface area contributed by atoms with Crippen molar-refractivity contribution >= 4 is 50.7 Å². The minimum absolute atomic E-state index is 0.0362. The second kappa shape index (κ2) is 10.3. The second-order valence-electron chi connectivity index (χ2n) is 8.97. The van der Waals surface area contributed by atoms with Crippen LogP contribution in [0.3, 0.4) is 0 Å². The molecule has 2 aromatic carbocycles. The SMILES string of the molecule is CC(C)[C@H]1Cc2c(sc3nc(SCC(=O)c4ccc(Cl)cc4)n(Cc4ccccc4)c(=O)c23)CO1. The van der Waals surface area contributed by atoms with Crippen LogP contribution in [0.5, 0.6) is 0 Å². The van der Waals surface area contributed by atoms with Gasteiger partial charge in [0, 0.05) is 21.9 Å². The molecule has 180 valence electrons. The minimum Gasteiger partial charge on any atom is -0.372 e. The van der Waals surface area contributed by atoms with Gasteiger partial charge in [0.25, 0.3) is 5.56 Å². The summed E-state index contributed by atoms with van der Waals surface area (Å²) in [7, 11) is 0. The van der Waals surface area contributed by atoms with Gasteiger partial charge in [-0.15, -0.1) is 11.3 Å². The zero-order valence-electron chi connectivity index (χ0n) is 19.5. The van der Waals surface area contributed by atoms with Gasteiger partial charge in [0.15, 0.2) is 10.9 Å². The van der Waals surface area contributed by atoms with Gasteiger partial charge in [0.05, 0.1) is 30.4 Å². The molecule has 0 fully saturated rings. The Labute approximate surface area is 217 Å². The fourth-order valence-electron chi connectivity index (χ4n) is 4.23. The number of nitrogens with zero attached hydrogens (tertiary/aromatic N) is 2. The second-order valence-corrected chi connectivity index (χ2v) is 11.4. The van der Waals surface area contributed by atoms with E-state index < -0.39 is 0 Å². The first-order valence-electron chi connectivity index (χ1n) is 11.5. The lowest BCUT2D eigenvalue weighted by Gasteiger charge is -2.26. The van der Waals surface area contributed by atoms with Crippen molar-refractivity contribution in [1.82, 2.24) is 9.55 Å². The summed E-state index contributed by atoms with van der Waals surface area (Å²) >= 11 is 8.78. The molecule has 5 nitrogen and oxygen atoms in total.